The van der Waals surface area contributed by atoms with E-state index in [0.29, 0.717) is 17.1 Å². The van der Waals surface area contributed by atoms with Crippen LogP contribution in [-0.2, 0) is 19.1 Å². The smallest absolute Gasteiger partial charge is 0.341 e. The molecule has 0 radical (unpaired) electrons. The van der Waals surface area contributed by atoms with Crippen LogP contribution < -0.4 is 5.73 Å². The topological polar surface area (TPSA) is 78.6 Å². The number of ketones is 1. The predicted octanol–water partition coefficient (Wildman–Crippen LogP) is 1.83. The van der Waals surface area contributed by atoms with Gasteiger partial charge in [-0.1, -0.05) is 29.8 Å². The van der Waals surface area contributed by atoms with Gasteiger partial charge in [0.2, 0.25) is 0 Å². The fourth-order valence-electron chi connectivity index (χ4n) is 1.54. The van der Waals surface area contributed by atoms with Crippen LogP contribution in [0.15, 0.2) is 29.8 Å². The molecule has 0 aromatic heterocycles. The minimum absolute atomic E-state index is 0.0954. The normalized spacial score (nSPS) is 11.3. The Morgan fingerprint density at radius 2 is 2.05 bits per heavy atom. The lowest BCUT2D eigenvalue weighted by molar-refractivity contribution is -0.140. The summed E-state index contributed by atoms with van der Waals surface area (Å²) in [5.74, 6) is -1.17. The van der Waals surface area contributed by atoms with Gasteiger partial charge >= 0.3 is 5.97 Å². The highest BCUT2D eigenvalue weighted by Crippen LogP contribution is 2.19. The molecule has 0 aliphatic heterocycles. The monoisotopic (exact) mass is 311 g/mol. The van der Waals surface area contributed by atoms with Crippen molar-refractivity contribution in [2.75, 3.05) is 26.4 Å². The molecule has 114 valence electrons. The first-order valence-corrected chi connectivity index (χ1v) is 6.92. The summed E-state index contributed by atoms with van der Waals surface area (Å²) in [6.07, 6.45) is 1.41. The van der Waals surface area contributed by atoms with Crippen molar-refractivity contribution in [2.24, 2.45) is 5.73 Å². The van der Waals surface area contributed by atoms with Crippen molar-refractivity contribution in [1.29, 1.82) is 0 Å². The Labute approximate surface area is 128 Å². The molecule has 0 atom stereocenters. The van der Waals surface area contributed by atoms with Crippen LogP contribution in [0.4, 0.5) is 0 Å². The maximum atomic E-state index is 12.1. The highest BCUT2D eigenvalue weighted by molar-refractivity contribution is 6.32. The minimum Gasteiger partial charge on any atom is -0.462 e. The summed E-state index contributed by atoms with van der Waals surface area (Å²) < 4.78 is 9.96. The number of carbonyl (C=O) groups is 2. The third kappa shape index (κ3) is 5.67. The number of hydrogen-bond acceptors (Lipinski definition) is 5. The van der Waals surface area contributed by atoms with Crippen molar-refractivity contribution in [3.05, 3.63) is 40.4 Å². The first kappa shape index (κ1) is 17.4. The van der Waals surface area contributed by atoms with Crippen LogP contribution >= 0.6 is 11.6 Å². The molecule has 0 heterocycles. The zero-order chi connectivity index (χ0) is 15.7. The SMILES string of the molecule is CCOC(=O)/C(=C\c1ccccc1Cl)C(=O)COCCN. The van der Waals surface area contributed by atoms with E-state index in [1.165, 1.54) is 6.08 Å². The minimum atomic E-state index is -0.696. The van der Waals surface area contributed by atoms with E-state index in [4.69, 9.17) is 26.8 Å². The summed E-state index contributed by atoms with van der Waals surface area (Å²) in [5.41, 5.74) is 5.75. The summed E-state index contributed by atoms with van der Waals surface area (Å²) in [5, 5.41) is 0.440. The number of ether oxygens (including phenoxy) is 2. The molecule has 0 saturated carbocycles. The third-order valence-corrected chi connectivity index (χ3v) is 2.84. The average Bonchev–Trinajstić information content (AvgIpc) is 2.46. The van der Waals surface area contributed by atoms with Crippen molar-refractivity contribution in [2.45, 2.75) is 6.92 Å². The molecular formula is C15H18ClNO4. The number of benzene rings is 1. The van der Waals surface area contributed by atoms with E-state index in [2.05, 4.69) is 0 Å². The summed E-state index contributed by atoms with van der Waals surface area (Å²) in [7, 11) is 0. The zero-order valence-electron chi connectivity index (χ0n) is 11.8. The Hall–Kier alpha value is -1.69. The molecule has 0 unspecified atom stereocenters. The van der Waals surface area contributed by atoms with Crippen LogP contribution in [0.3, 0.4) is 0 Å². The van der Waals surface area contributed by atoms with Gasteiger partial charge in [0.1, 0.15) is 12.2 Å². The van der Waals surface area contributed by atoms with E-state index >= 15 is 0 Å². The second-order valence-corrected chi connectivity index (χ2v) is 4.47. The van der Waals surface area contributed by atoms with Gasteiger partial charge in [-0.25, -0.2) is 4.79 Å². The van der Waals surface area contributed by atoms with Gasteiger partial charge in [0.25, 0.3) is 0 Å². The molecule has 0 spiro atoms. The van der Waals surface area contributed by atoms with Gasteiger partial charge in [0, 0.05) is 11.6 Å². The lowest BCUT2D eigenvalue weighted by atomic mass is 10.1. The zero-order valence-corrected chi connectivity index (χ0v) is 12.6. The molecule has 1 aromatic rings. The first-order valence-electron chi connectivity index (χ1n) is 6.54. The summed E-state index contributed by atoms with van der Waals surface area (Å²) >= 11 is 6.03. The molecule has 2 N–H and O–H groups in total. The van der Waals surface area contributed by atoms with Gasteiger partial charge in [-0.15, -0.1) is 0 Å². The van der Waals surface area contributed by atoms with E-state index in [1.54, 1.807) is 31.2 Å². The Kier molecular flexibility index (Phi) is 7.68. The number of rotatable bonds is 8. The maximum absolute atomic E-state index is 12.1. The van der Waals surface area contributed by atoms with Crippen LogP contribution in [0.25, 0.3) is 6.08 Å². The van der Waals surface area contributed by atoms with Gasteiger partial charge in [-0.3, -0.25) is 4.79 Å². The predicted molar refractivity (Wildman–Crippen MR) is 80.9 cm³/mol. The van der Waals surface area contributed by atoms with Crippen LogP contribution in [0.5, 0.6) is 0 Å². The largest absolute Gasteiger partial charge is 0.462 e. The molecule has 0 bridgehead atoms. The molecule has 1 rings (SSSR count). The quantitative estimate of drug-likeness (QED) is 0.260. The summed E-state index contributed by atoms with van der Waals surface area (Å²) in [6.45, 7) is 2.16. The maximum Gasteiger partial charge on any atom is 0.341 e. The Morgan fingerprint density at radius 1 is 1.33 bits per heavy atom. The third-order valence-electron chi connectivity index (χ3n) is 2.50. The fourth-order valence-corrected chi connectivity index (χ4v) is 1.73. The van der Waals surface area contributed by atoms with Crippen LogP contribution in [0.2, 0.25) is 5.02 Å². The van der Waals surface area contributed by atoms with Gasteiger partial charge in [-0.05, 0) is 24.6 Å². The molecule has 0 amide bonds. The molecular weight excluding hydrogens is 294 g/mol. The summed E-state index contributed by atoms with van der Waals surface area (Å²) in [6, 6.07) is 6.90. The van der Waals surface area contributed by atoms with Gasteiger partial charge in [0.05, 0.1) is 13.2 Å². The van der Waals surface area contributed by atoms with Crippen molar-refractivity contribution in [3.8, 4) is 0 Å². The van der Waals surface area contributed by atoms with Gasteiger partial charge in [0.15, 0.2) is 5.78 Å². The first-order chi connectivity index (χ1) is 10.1. The van der Waals surface area contributed by atoms with Crippen molar-refractivity contribution >= 4 is 29.4 Å². The molecule has 6 heteroatoms. The Balaban J connectivity index is 2.99. The molecule has 0 aliphatic rings. The van der Waals surface area contributed by atoms with Crippen molar-refractivity contribution in [3.63, 3.8) is 0 Å². The summed E-state index contributed by atoms with van der Waals surface area (Å²) in [4.78, 5) is 24.0. The molecule has 0 fully saturated rings. The number of Topliss-reactive ketones (excluding diaryl/α,β-unsaturated/α-hetero) is 1. The molecule has 0 aliphatic carbocycles. The van der Waals surface area contributed by atoms with Crippen LogP contribution in [0, 0.1) is 0 Å². The highest BCUT2D eigenvalue weighted by Gasteiger charge is 2.20. The van der Waals surface area contributed by atoms with Crippen molar-refractivity contribution < 1.29 is 19.1 Å². The van der Waals surface area contributed by atoms with Crippen LogP contribution in [-0.4, -0.2) is 38.1 Å². The molecule has 21 heavy (non-hydrogen) atoms. The highest BCUT2D eigenvalue weighted by atomic mass is 35.5. The molecule has 0 saturated heterocycles. The second kappa shape index (κ2) is 9.28. The number of esters is 1. The number of halogens is 1. The number of nitrogens with two attached hydrogens (primary N) is 1. The Bertz CT molecular complexity index is 528. The van der Waals surface area contributed by atoms with Gasteiger partial charge in [-0.2, -0.15) is 0 Å². The van der Waals surface area contributed by atoms with E-state index in [0.717, 1.165) is 0 Å². The van der Waals surface area contributed by atoms with E-state index in [9.17, 15) is 9.59 Å². The molecule has 5 nitrogen and oxygen atoms in total. The second-order valence-electron chi connectivity index (χ2n) is 4.06. The standard InChI is InChI=1S/C15H18ClNO4/c1-2-21-15(19)12(14(18)10-20-8-7-17)9-11-5-3-4-6-13(11)16/h3-6,9H,2,7-8,10,17H2,1H3/b12-9-. The van der Waals surface area contributed by atoms with Crippen LogP contribution in [0.1, 0.15) is 12.5 Å². The lowest BCUT2D eigenvalue weighted by Gasteiger charge is -2.07. The van der Waals surface area contributed by atoms with E-state index in [-0.39, 0.29) is 25.4 Å². The number of carbonyl (C=O) groups excluding carboxylic acids is 2. The lowest BCUT2D eigenvalue weighted by Crippen LogP contribution is -2.21. The molecule has 1 aromatic carbocycles. The number of hydrogen-bond donors (Lipinski definition) is 1. The van der Waals surface area contributed by atoms with E-state index in [1.807, 2.05) is 0 Å². The van der Waals surface area contributed by atoms with Crippen molar-refractivity contribution in [1.82, 2.24) is 0 Å². The van der Waals surface area contributed by atoms with Gasteiger partial charge < -0.3 is 15.2 Å². The average molecular weight is 312 g/mol. The Morgan fingerprint density at radius 3 is 2.67 bits per heavy atom. The van der Waals surface area contributed by atoms with E-state index < -0.39 is 11.8 Å². The fraction of sp³-hybridized carbons (Fsp3) is 0.333.